The first kappa shape index (κ1) is 17.3. The number of carbonyl (C=O) groups is 1. The van der Waals surface area contributed by atoms with Crippen molar-refractivity contribution in [2.75, 3.05) is 12.9 Å². The Labute approximate surface area is 148 Å². The van der Waals surface area contributed by atoms with Crippen LogP contribution in [0.5, 0.6) is 5.75 Å². The molecular weight excluding hydrogens is 340 g/mol. The molecule has 2 heterocycles. The fourth-order valence-electron chi connectivity index (χ4n) is 2.93. The molecule has 0 aliphatic carbocycles. The van der Waals surface area contributed by atoms with Crippen LogP contribution in [0.3, 0.4) is 0 Å². The predicted octanol–water partition coefficient (Wildman–Crippen LogP) is 1.88. The van der Waals surface area contributed by atoms with Crippen LogP contribution in [0.15, 0.2) is 28.2 Å². The van der Waals surface area contributed by atoms with Crippen molar-refractivity contribution in [1.29, 1.82) is 0 Å². The molecule has 1 aromatic carbocycles. The van der Waals surface area contributed by atoms with Crippen molar-refractivity contribution in [3.63, 3.8) is 0 Å². The number of hydrogen-bond donors (Lipinski definition) is 1. The maximum Gasteiger partial charge on any atom is 0.278 e. The van der Waals surface area contributed by atoms with E-state index < -0.39 is 5.91 Å². The molecule has 3 rings (SSSR count). The average Bonchev–Trinajstić information content (AvgIpc) is 2.87. The van der Waals surface area contributed by atoms with Crippen LogP contribution in [-0.2, 0) is 18.4 Å². The molecule has 7 nitrogen and oxygen atoms in total. The molecule has 0 saturated heterocycles. The molecule has 3 aromatic rings. The fraction of sp³-hybridized carbons (Fsp3) is 0.353. The molecular formula is C17H20N4O3S. The van der Waals surface area contributed by atoms with E-state index >= 15 is 0 Å². The summed E-state index contributed by atoms with van der Waals surface area (Å²) in [4.78, 5) is 28.9. The molecule has 8 heteroatoms. The van der Waals surface area contributed by atoms with Gasteiger partial charge in [0.2, 0.25) is 5.91 Å². The number of methoxy groups -OCH3 is 1. The molecule has 1 amide bonds. The van der Waals surface area contributed by atoms with Gasteiger partial charge in [-0.2, -0.15) is 0 Å². The van der Waals surface area contributed by atoms with Gasteiger partial charge in [-0.05, 0) is 24.6 Å². The average molecular weight is 360 g/mol. The minimum Gasteiger partial charge on any atom is -0.497 e. The number of benzene rings is 1. The second-order valence-corrected chi connectivity index (χ2v) is 6.69. The number of aryl methyl sites for hydroxylation is 1. The van der Waals surface area contributed by atoms with E-state index in [4.69, 9.17) is 15.5 Å². The Morgan fingerprint density at radius 2 is 2.16 bits per heavy atom. The van der Waals surface area contributed by atoms with E-state index in [9.17, 15) is 9.59 Å². The van der Waals surface area contributed by atoms with Crippen molar-refractivity contribution in [3.8, 4) is 5.75 Å². The molecule has 0 unspecified atom stereocenters. The molecule has 0 spiro atoms. The van der Waals surface area contributed by atoms with Crippen molar-refractivity contribution >= 4 is 39.6 Å². The van der Waals surface area contributed by atoms with Gasteiger partial charge < -0.3 is 15.0 Å². The zero-order valence-corrected chi connectivity index (χ0v) is 15.2. The first-order valence-electron chi connectivity index (χ1n) is 7.96. The lowest BCUT2D eigenvalue weighted by molar-refractivity contribution is -0.115. The smallest absolute Gasteiger partial charge is 0.278 e. The Hall–Kier alpha value is -2.48. The van der Waals surface area contributed by atoms with Gasteiger partial charge in [0.15, 0.2) is 5.16 Å². The Morgan fingerprint density at radius 3 is 2.80 bits per heavy atom. The maximum absolute atomic E-state index is 13.1. The van der Waals surface area contributed by atoms with Gasteiger partial charge >= 0.3 is 0 Å². The first-order valence-corrected chi connectivity index (χ1v) is 8.94. The minimum atomic E-state index is -0.443. The number of nitrogens with two attached hydrogens (primary N) is 1. The van der Waals surface area contributed by atoms with E-state index in [1.54, 1.807) is 11.7 Å². The highest BCUT2D eigenvalue weighted by Gasteiger charge is 2.18. The SMILES string of the molecule is CCCn1c(SCC(N)=O)nc2c3cc(OC)ccc3n(C)c2c1=O. The molecule has 0 aliphatic heterocycles. The van der Waals surface area contributed by atoms with Crippen LogP contribution in [-0.4, -0.2) is 32.9 Å². The Bertz CT molecular complexity index is 1020. The van der Waals surface area contributed by atoms with Gasteiger partial charge in [0, 0.05) is 19.0 Å². The summed E-state index contributed by atoms with van der Waals surface area (Å²) in [6, 6.07) is 5.64. The highest BCUT2D eigenvalue weighted by molar-refractivity contribution is 7.99. The van der Waals surface area contributed by atoms with Gasteiger partial charge in [0.25, 0.3) is 5.56 Å². The summed E-state index contributed by atoms with van der Waals surface area (Å²) >= 11 is 1.19. The number of primary amides is 1. The number of fused-ring (bicyclic) bond motifs is 3. The number of rotatable bonds is 6. The monoisotopic (exact) mass is 360 g/mol. The number of carbonyl (C=O) groups excluding carboxylic acids is 1. The van der Waals surface area contributed by atoms with Crippen LogP contribution in [0.1, 0.15) is 13.3 Å². The number of amides is 1. The number of hydrogen-bond acceptors (Lipinski definition) is 5. The zero-order valence-electron chi connectivity index (χ0n) is 14.4. The third-order valence-corrected chi connectivity index (χ3v) is 5.06. The predicted molar refractivity (Wildman–Crippen MR) is 99.2 cm³/mol. The standard InChI is InChI=1S/C17H20N4O3S/c1-4-7-21-16(23)15-14(19-17(21)25-9-13(18)22)11-8-10(24-3)5-6-12(11)20(15)2/h5-6,8H,4,7,9H2,1-3H3,(H2,18,22). The summed E-state index contributed by atoms with van der Waals surface area (Å²) in [5.74, 6) is 0.336. The number of aromatic nitrogens is 3. The zero-order chi connectivity index (χ0) is 18.1. The van der Waals surface area contributed by atoms with Crippen molar-refractivity contribution in [3.05, 3.63) is 28.6 Å². The summed E-state index contributed by atoms with van der Waals surface area (Å²) < 4.78 is 8.77. The summed E-state index contributed by atoms with van der Waals surface area (Å²) in [5, 5.41) is 1.35. The number of ether oxygens (including phenoxy) is 1. The van der Waals surface area contributed by atoms with Crippen molar-refractivity contribution in [2.45, 2.75) is 25.0 Å². The molecule has 0 aliphatic rings. The molecule has 0 radical (unpaired) electrons. The third kappa shape index (κ3) is 2.97. The minimum absolute atomic E-state index is 0.0791. The Kier molecular flexibility index (Phi) is 4.71. The summed E-state index contributed by atoms with van der Waals surface area (Å²) in [7, 11) is 3.45. The van der Waals surface area contributed by atoms with Gasteiger partial charge in [-0.1, -0.05) is 18.7 Å². The number of thioether (sulfide) groups is 1. The van der Waals surface area contributed by atoms with E-state index in [1.807, 2.05) is 36.7 Å². The van der Waals surface area contributed by atoms with E-state index in [0.717, 1.165) is 17.3 Å². The van der Waals surface area contributed by atoms with Gasteiger partial charge in [-0.15, -0.1) is 0 Å². The molecule has 25 heavy (non-hydrogen) atoms. The number of nitrogens with zero attached hydrogens (tertiary/aromatic N) is 3. The fourth-order valence-corrected chi connectivity index (χ4v) is 3.68. The molecule has 0 fully saturated rings. The van der Waals surface area contributed by atoms with Crippen LogP contribution in [0.2, 0.25) is 0 Å². The second-order valence-electron chi connectivity index (χ2n) is 5.75. The van der Waals surface area contributed by atoms with Gasteiger partial charge in [-0.25, -0.2) is 4.98 Å². The molecule has 132 valence electrons. The largest absolute Gasteiger partial charge is 0.497 e. The van der Waals surface area contributed by atoms with Crippen molar-refractivity contribution < 1.29 is 9.53 Å². The topological polar surface area (TPSA) is 92.1 Å². The summed E-state index contributed by atoms with van der Waals surface area (Å²) in [5.41, 5.74) is 7.19. The van der Waals surface area contributed by atoms with Crippen LogP contribution in [0, 0.1) is 0 Å². The summed E-state index contributed by atoms with van der Waals surface area (Å²) in [6.07, 6.45) is 0.787. The first-order chi connectivity index (χ1) is 12.0. The third-order valence-electron chi connectivity index (χ3n) is 4.06. The normalized spacial score (nSPS) is 11.3. The Morgan fingerprint density at radius 1 is 1.40 bits per heavy atom. The maximum atomic E-state index is 13.1. The van der Waals surface area contributed by atoms with Gasteiger partial charge in [0.1, 0.15) is 16.8 Å². The lowest BCUT2D eigenvalue weighted by Gasteiger charge is -2.10. The molecule has 0 atom stereocenters. The van der Waals surface area contributed by atoms with Gasteiger partial charge in [-0.3, -0.25) is 14.2 Å². The second kappa shape index (κ2) is 6.79. The molecule has 2 N–H and O–H groups in total. The van der Waals surface area contributed by atoms with Crippen LogP contribution >= 0.6 is 11.8 Å². The van der Waals surface area contributed by atoms with E-state index in [1.165, 1.54) is 11.8 Å². The van der Waals surface area contributed by atoms with E-state index in [2.05, 4.69) is 0 Å². The van der Waals surface area contributed by atoms with Crippen LogP contribution in [0.4, 0.5) is 0 Å². The lowest BCUT2D eigenvalue weighted by Crippen LogP contribution is -2.25. The van der Waals surface area contributed by atoms with Crippen molar-refractivity contribution in [2.24, 2.45) is 12.8 Å². The highest BCUT2D eigenvalue weighted by atomic mass is 32.2. The highest BCUT2D eigenvalue weighted by Crippen LogP contribution is 2.29. The molecule has 0 saturated carbocycles. The molecule has 2 aromatic heterocycles. The van der Waals surface area contributed by atoms with E-state index in [-0.39, 0.29) is 11.3 Å². The molecule has 0 bridgehead atoms. The lowest BCUT2D eigenvalue weighted by atomic mass is 10.2. The van der Waals surface area contributed by atoms with E-state index in [0.29, 0.717) is 28.5 Å². The van der Waals surface area contributed by atoms with Crippen LogP contribution in [0.25, 0.3) is 21.9 Å². The van der Waals surface area contributed by atoms with Crippen LogP contribution < -0.4 is 16.0 Å². The van der Waals surface area contributed by atoms with Gasteiger partial charge in [0.05, 0.1) is 18.4 Å². The quantitative estimate of drug-likeness (QED) is 0.535. The summed E-state index contributed by atoms with van der Waals surface area (Å²) in [6.45, 7) is 2.53. The Balaban J connectivity index is 2.35. The van der Waals surface area contributed by atoms with Crippen molar-refractivity contribution in [1.82, 2.24) is 14.1 Å².